The summed E-state index contributed by atoms with van der Waals surface area (Å²) in [5, 5.41) is 8.65. The Labute approximate surface area is 99.8 Å². The minimum atomic E-state index is -0.648. The molecule has 1 aromatic carbocycles. The number of ether oxygens (including phenoxy) is 2. The number of hydrogen-bond donors (Lipinski definition) is 0. The Bertz CT molecular complexity index is 434. The molecule has 0 radical (unpaired) electrons. The van der Waals surface area contributed by atoms with Gasteiger partial charge < -0.3 is 9.47 Å². The van der Waals surface area contributed by atoms with Crippen molar-refractivity contribution in [1.82, 2.24) is 0 Å². The van der Waals surface area contributed by atoms with Gasteiger partial charge in [-0.3, -0.25) is 0 Å². The van der Waals surface area contributed by atoms with E-state index in [0.717, 1.165) is 6.42 Å². The minimum Gasteiger partial charge on any atom is -0.348 e. The van der Waals surface area contributed by atoms with E-state index in [0.29, 0.717) is 30.3 Å². The molecule has 0 aliphatic carbocycles. The fraction of sp³-hybridized carbons (Fsp3) is 0.462. The highest BCUT2D eigenvalue weighted by atomic mass is 19.1. The van der Waals surface area contributed by atoms with Crippen LogP contribution in [0.4, 0.5) is 4.39 Å². The molecule has 1 saturated heterocycles. The molecule has 0 N–H and O–H groups in total. The van der Waals surface area contributed by atoms with Gasteiger partial charge in [0.2, 0.25) is 0 Å². The van der Waals surface area contributed by atoms with E-state index in [1.807, 2.05) is 6.07 Å². The lowest BCUT2D eigenvalue weighted by molar-refractivity contribution is -0.206. The van der Waals surface area contributed by atoms with Gasteiger partial charge in [-0.1, -0.05) is 6.92 Å². The predicted molar refractivity (Wildman–Crippen MR) is 59.5 cm³/mol. The van der Waals surface area contributed by atoms with E-state index in [2.05, 4.69) is 6.92 Å². The van der Waals surface area contributed by atoms with Crippen molar-refractivity contribution in [2.24, 2.45) is 5.92 Å². The second-order valence-electron chi connectivity index (χ2n) is 4.12. The normalized spacial score (nSPS) is 24.3. The maximum Gasteiger partial charge on any atom is 0.186 e. The molecule has 0 atom stereocenters. The van der Waals surface area contributed by atoms with Crippen molar-refractivity contribution in [3.63, 3.8) is 0 Å². The molecule has 90 valence electrons. The largest absolute Gasteiger partial charge is 0.348 e. The van der Waals surface area contributed by atoms with E-state index in [1.54, 1.807) is 12.1 Å². The lowest BCUT2D eigenvalue weighted by Gasteiger charge is -2.29. The highest BCUT2D eigenvalue weighted by molar-refractivity contribution is 5.33. The SMILES string of the molecule is CCC1COC(c2ccc(C#N)cc2F)OC1. The third-order valence-corrected chi connectivity index (χ3v) is 2.93. The molecule has 3 nitrogen and oxygen atoms in total. The molecular formula is C13H14FNO2. The van der Waals surface area contributed by atoms with E-state index < -0.39 is 12.1 Å². The average molecular weight is 235 g/mol. The first kappa shape index (κ1) is 12.0. The van der Waals surface area contributed by atoms with Crippen LogP contribution in [0.2, 0.25) is 0 Å². The third kappa shape index (κ3) is 2.63. The lowest BCUT2D eigenvalue weighted by atomic mass is 10.1. The minimum absolute atomic E-state index is 0.300. The Morgan fingerprint density at radius 2 is 2.12 bits per heavy atom. The van der Waals surface area contributed by atoms with Crippen molar-refractivity contribution < 1.29 is 13.9 Å². The number of nitrogens with zero attached hydrogens (tertiary/aromatic N) is 1. The summed E-state index contributed by atoms with van der Waals surface area (Å²) >= 11 is 0. The van der Waals surface area contributed by atoms with Crippen LogP contribution in [0.5, 0.6) is 0 Å². The van der Waals surface area contributed by atoms with Crippen LogP contribution in [0.15, 0.2) is 18.2 Å². The fourth-order valence-corrected chi connectivity index (χ4v) is 1.75. The van der Waals surface area contributed by atoms with E-state index in [1.165, 1.54) is 6.07 Å². The summed E-state index contributed by atoms with van der Waals surface area (Å²) < 4.78 is 24.6. The van der Waals surface area contributed by atoms with Crippen LogP contribution in [-0.2, 0) is 9.47 Å². The summed E-state index contributed by atoms with van der Waals surface area (Å²) in [4.78, 5) is 0. The molecule has 0 saturated carbocycles. The van der Waals surface area contributed by atoms with Crippen molar-refractivity contribution in [2.75, 3.05) is 13.2 Å². The Morgan fingerprint density at radius 1 is 1.41 bits per heavy atom. The van der Waals surface area contributed by atoms with Crippen molar-refractivity contribution >= 4 is 0 Å². The molecule has 1 aromatic rings. The molecule has 1 aliphatic rings. The highest BCUT2D eigenvalue weighted by Gasteiger charge is 2.24. The molecule has 4 heteroatoms. The molecule has 17 heavy (non-hydrogen) atoms. The standard InChI is InChI=1S/C13H14FNO2/c1-2-9-7-16-13(17-8-9)11-4-3-10(6-15)5-12(11)14/h3-5,9,13H,2,7-8H2,1H3. The average Bonchev–Trinajstić information content (AvgIpc) is 2.39. The summed E-state index contributed by atoms with van der Waals surface area (Å²) in [5.74, 6) is -0.0725. The van der Waals surface area contributed by atoms with Gasteiger partial charge in [0, 0.05) is 11.5 Å². The zero-order valence-electron chi connectivity index (χ0n) is 9.65. The molecule has 2 rings (SSSR count). The maximum atomic E-state index is 13.7. The van der Waals surface area contributed by atoms with Gasteiger partial charge in [-0.25, -0.2) is 4.39 Å². The molecular weight excluding hydrogens is 221 g/mol. The Morgan fingerprint density at radius 3 is 2.65 bits per heavy atom. The topological polar surface area (TPSA) is 42.2 Å². The van der Waals surface area contributed by atoms with Gasteiger partial charge in [0.15, 0.2) is 6.29 Å². The first-order chi connectivity index (χ1) is 8.24. The van der Waals surface area contributed by atoms with Gasteiger partial charge in [0.05, 0.1) is 24.8 Å². The molecule has 0 amide bonds. The van der Waals surface area contributed by atoms with Gasteiger partial charge >= 0.3 is 0 Å². The third-order valence-electron chi connectivity index (χ3n) is 2.93. The Hall–Kier alpha value is -1.44. The number of hydrogen-bond acceptors (Lipinski definition) is 3. The summed E-state index contributed by atoms with van der Waals surface area (Å²) in [5.41, 5.74) is 0.659. The molecule has 0 unspecified atom stereocenters. The second-order valence-corrected chi connectivity index (χ2v) is 4.12. The van der Waals surface area contributed by atoms with Crippen LogP contribution < -0.4 is 0 Å². The van der Waals surface area contributed by atoms with Crippen LogP contribution >= 0.6 is 0 Å². The summed E-state index contributed by atoms with van der Waals surface area (Å²) in [6.45, 7) is 3.24. The molecule has 0 spiro atoms. The van der Waals surface area contributed by atoms with Gasteiger partial charge in [0.25, 0.3) is 0 Å². The van der Waals surface area contributed by atoms with Gasteiger partial charge in [0.1, 0.15) is 5.82 Å². The number of nitriles is 1. The molecule has 1 fully saturated rings. The van der Waals surface area contributed by atoms with E-state index >= 15 is 0 Å². The molecule has 1 heterocycles. The van der Waals surface area contributed by atoms with Gasteiger partial charge in [-0.05, 0) is 24.6 Å². The number of halogens is 1. The Kier molecular flexibility index (Phi) is 3.72. The van der Waals surface area contributed by atoms with E-state index in [9.17, 15) is 4.39 Å². The fourth-order valence-electron chi connectivity index (χ4n) is 1.75. The lowest BCUT2D eigenvalue weighted by Crippen LogP contribution is -2.27. The zero-order chi connectivity index (χ0) is 12.3. The zero-order valence-corrected chi connectivity index (χ0v) is 9.65. The summed E-state index contributed by atoms with van der Waals surface area (Å²) in [6.07, 6.45) is 0.341. The quantitative estimate of drug-likeness (QED) is 0.791. The predicted octanol–water partition coefficient (Wildman–Crippen LogP) is 2.77. The Balaban J connectivity index is 2.11. The van der Waals surface area contributed by atoms with Gasteiger partial charge in [-0.15, -0.1) is 0 Å². The van der Waals surface area contributed by atoms with E-state index in [4.69, 9.17) is 14.7 Å². The highest BCUT2D eigenvalue weighted by Crippen LogP contribution is 2.28. The van der Waals surface area contributed by atoms with Crippen molar-refractivity contribution in [1.29, 1.82) is 5.26 Å². The molecule has 1 aliphatic heterocycles. The van der Waals surface area contributed by atoms with E-state index in [-0.39, 0.29) is 0 Å². The molecule has 0 bridgehead atoms. The van der Waals surface area contributed by atoms with Crippen LogP contribution in [0.1, 0.15) is 30.8 Å². The van der Waals surface area contributed by atoms with Crippen LogP contribution in [0.25, 0.3) is 0 Å². The van der Waals surface area contributed by atoms with Crippen LogP contribution in [0, 0.1) is 23.1 Å². The number of benzene rings is 1. The van der Waals surface area contributed by atoms with Crippen molar-refractivity contribution in [2.45, 2.75) is 19.6 Å². The molecule has 0 aromatic heterocycles. The summed E-state index contributed by atoms with van der Waals surface area (Å²) in [7, 11) is 0. The second kappa shape index (κ2) is 5.26. The van der Waals surface area contributed by atoms with Gasteiger partial charge in [-0.2, -0.15) is 5.26 Å². The van der Waals surface area contributed by atoms with Crippen LogP contribution in [0.3, 0.4) is 0 Å². The first-order valence-corrected chi connectivity index (χ1v) is 5.67. The summed E-state index contributed by atoms with van der Waals surface area (Å²) in [6, 6.07) is 6.21. The smallest absolute Gasteiger partial charge is 0.186 e. The van der Waals surface area contributed by atoms with Crippen molar-refractivity contribution in [3.8, 4) is 6.07 Å². The first-order valence-electron chi connectivity index (χ1n) is 5.67. The maximum absolute atomic E-state index is 13.7. The monoisotopic (exact) mass is 235 g/mol. The van der Waals surface area contributed by atoms with Crippen molar-refractivity contribution in [3.05, 3.63) is 35.1 Å². The number of rotatable bonds is 2. The van der Waals surface area contributed by atoms with Crippen LogP contribution in [-0.4, -0.2) is 13.2 Å².